The predicted octanol–water partition coefficient (Wildman–Crippen LogP) is 2.97. The van der Waals surface area contributed by atoms with Gasteiger partial charge in [-0.2, -0.15) is 0 Å². The molecule has 0 bridgehead atoms. The van der Waals surface area contributed by atoms with E-state index in [0.29, 0.717) is 19.4 Å². The van der Waals surface area contributed by atoms with Gasteiger partial charge in [0.1, 0.15) is 0 Å². The van der Waals surface area contributed by atoms with Crippen molar-refractivity contribution in [2.24, 2.45) is 5.92 Å². The van der Waals surface area contributed by atoms with Gasteiger partial charge < -0.3 is 10.6 Å². The lowest BCUT2D eigenvalue weighted by Gasteiger charge is -2.12. The van der Waals surface area contributed by atoms with Gasteiger partial charge in [-0.1, -0.05) is 37.1 Å². The van der Waals surface area contributed by atoms with Crippen molar-refractivity contribution in [3.05, 3.63) is 59.7 Å². The number of hydrogen-bond acceptors (Lipinski definition) is 4. The molecule has 3 rings (SSSR count). The van der Waals surface area contributed by atoms with Crippen molar-refractivity contribution >= 4 is 27.5 Å². The average molecular weight is 444 g/mol. The topological polar surface area (TPSA) is 104 Å². The summed E-state index contributed by atoms with van der Waals surface area (Å²) in [5, 5.41) is 5.87. The van der Waals surface area contributed by atoms with E-state index in [2.05, 4.69) is 15.4 Å². The normalized spacial score (nSPS) is 14.4. The molecule has 31 heavy (non-hydrogen) atoms. The molecule has 8 heteroatoms. The van der Waals surface area contributed by atoms with Crippen LogP contribution in [0.2, 0.25) is 0 Å². The van der Waals surface area contributed by atoms with Crippen molar-refractivity contribution in [1.29, 1.82) is 0 Å². The van der Waals surface area contributed by atoms with Gasteiger partial charge in [-0.3, -0.25) is 9.59 Å². The van der Waals surface area contributed by atoms with Gasteiger partial charge >= 0.3 is 0 Å². The number of carbonyl (C=O) groups excluding carboxylic acids is 2. The zero-order valence-electron chi connectivity index (χ0n) is 17.7. The van der Waals surface area contributed by atoms with Crippen LogP contribution in [-0.4, -0.2) is 27.3 Å². The summed E-state index contributed by atoms with van der Waals surface area (Å²) in [7, 11) is -2.09. The first-order valence-electron chi connectivity index (χ1n) is 10.6. The van der Waals surface area contributed by atoms with Crippen LogP contribution >= 0.6 is 0 Å². The molecule has 1 aliphatic carbocycles. The standard InChI is InChI=1S/C23H29N3O4S/c1-24-31(29,30)21-12-9-17(10-13-21)11-14-22(27)25-16-18-5-4-8-20(15-18)26-23(28)19-6-2-3-7-19/h4-5,8-10,12-13,15,19,24H,2-3,6-7,11,14,16H2,1H3,(H,25,27)(H,26,28). The molecule has 2 amide bonds. The Labute approximate surface area is 183 Å². The lowest BCUT2D eigenvalue weighted by atomic mass is 10.1. The molecule has 2 aromatic rings. The highest BCUT2D eigenvalue weighted by Crippen LogP contribution is 2.26. The Balaban J connectivity index is 1.45. The summed E-state index contributed by atoms with van der Waals surface area (Å²) in [5.41, 5.74) is 2.56. The van der Waals surface area contributed by atoms with Gasteiger partial charge in [0, 0.05) is 24.6 Å². The summed E-state index contributed by atoms with van der Waals surface area (Å²) < 4.78 is 25.8. The van der Waals surface area contributed by atoms with Crippen molar-refractivity contribution in [1.82, 2.24) is 10.0 Å². The van der Waals surface area contributed by atoms with Crippen LogP contribution in [0.25, 0.3) is 0 Å². The lowest BCUT2D eigenvalue weighted by Crippen LogP contribution is -2.23. The van der Waals surface area contributed by atoms with Gasteiger partial charge in [-0.25, -0.2) is 13.1 Å². The van der Waals surface area contributed by atoms with Crippen LogP contribution in [0, 0.1) is 5.92 Å². The van der Waals surface area contributed by atoms with Crippen LogP contribution in [0.3, 0.4) is 0 Å². The van der Waals surface area contributed by atoms with Gasteiger partial charge in [0.15, 0.2) is 0 Å². The summed E-state index contributed by atoms with van der Waals surface area (Å²) in [6.07, 6.45) is 4.96. The Morgan fingerprint density at radius 1 is 1.00 bits per heavy atom. The van der Waals surface area contributed by atoms with E-state index in [1.165, 1.54) is 19.2 Å². The van der Waals surface area contributed by atoms with Crippen LogP contribution < -0.4 is 15.4 Å². The van der Waals surface area contributed by atoms with E-state index in [4.69, 9.17) is 0 Å². The molecule has 0 aliphatic heterocycles. The molecule has 166 valence electrons. The molecular weight excluding hydrogens is 414 g/mol. The highest BCUT2D eigenvalue weighted by molar-refractivity contribution is 7.89. The van der Waals surface area contributed by atoms with Gasteiger partial charge in [-0.15, -0.1) is 0 Å². The predicted molar refractivity (Wildman–Crippen MR) is 120 cm³/mol. The number of hydrogen-bond donors (Lipinski definition) is 3. The number of benzene rings is 2. The molecule has 2 aromatic carbocycles. The third-order valence-corrected chi connectivity index (χ3v) is 6.98. The highest BCUT2D eigenvalue weighted by atomic mass is 32.2. The molecule has 1 saturated carbocycles. The number of rotatable bonds is 9. The van der Waals surface area contributed by atoms with Crippen LogP contribution in [-0.2, 0) is 32.6 Å². The maximum Gasteiger partial charge on any atom is 0.240 e. The number of sulfonamides is 1. The van der Waals surface area contributed by atoms with E-state index in [1.54, 1.807) is 12.1 Å². The van der Waals surface area contributed by atoms with Gasteiger partial charge in [0.05, 0.1) is 4.90 Å². The molecule has 0 heterocycles. The van der Waals surface area contributed by atoms with E-state index in [-0.39, 0.29) is 22.6 Å². The quantitative estimate of drug-likeness (QED) is 0.554. The van der Waals surface area contributed by atoms with Crippen LogP contribution in [0.4, 0.5) is 5.69 Å². The molecule has 1 fully saturated rings. The first kappa shape index (κ1) is 23.0. The van der Waals surface area contributed by atoms with Gasteiger partial charge in [0.2, 0.25) is 21.8 Å². The minimum atomic E-state index is -3.46. The molecule has 0 radical (unpaired) electrons. The Morgan fingerprint density at radius 2 is 1.71 bits per heavy atom. The Morgan fingerprint density at radius 3 is 2.39 bits per heavy atom. The maximum atomic E-state index is 12.3. The monoisotopic (exact) mass is 443 g/mol. The summed E-state index contributed by atoms with van der Waals surface area (Å²) in [6, 6.07) is 14.0. The minimum absolute atomic E-state index is 0.0761. The molecule has 0 aromatic heterocycles. The van der Waals surface area contributed by atoms with E-state index in [0.717, 1.165) is 42.5 Å². The first-order valence-corrected chi connectivity index (χ1v) is 12.0. The van der Waals surface area contributed by atoms with E-state index in [1.807, 2.05) is 24.3 Å². The third-order valence-electron chi connectivity index (χ3n) is 5.55. The largest absolute Gasteiger partial charge is 0.352 e. The second-order valence-corrected chi connectivity index (χ2v) is 9.69. The lowest BCUT2D eigenvalue weighted by molar-refractivity contribution is -0.121. The summed E-state index contributed by atoms with van der Waals surface area (Å²) in [4.78, 5) is 24.7. The van der Waals surface area contributed by atoms with Crippen molar-refractivity contribution in [3.63, 3.8) is 0 Å². The number of nitrogens with one attached hydrogen (secondary N) is 3. The van der Waals surface area contributed by atoms with Crippen LogP contribution in [0.5, 0.6) is 0 Å². The minimum Gasteiger partial charge on any atom is -0.352 e. The summed E-state index contributed by atoms with van der Waals surface area (Å²) >= 11 is 0. The van der Waals surface area contributed by atoms with Gasteiger partial charge in [0.25, 0.3) is 0 Å². The number of amides is 2. The Bertz CT molecular complexity index is 1010. The first-order chi connectivity index (χ1) is 14.9. The SMILES string of the molecule is CNS(=O)(=O)c1ccc(CCC(=O)NCc2cccc(NC(=O)C3CCCC3)c2)cc1. The highest BCUT2D eigenvalue weighted by Gasteiger charge is 2.22. The van der Waals surface area contributed by atoms with E-state index in [9.17, 15) is 18.0 Å². The molecule has 7 nitrogen and oxygen atoms in total. The van der Waals surface area contributed by atoms with Crippen molar-refractivity contribution in [2.45, 2.75) is 50.0 Å². The van der Waals surface area contributed by atoms with Crippen LogP contribution in [0.1, 0.15) is 43.2 Å². The van der Waals surface area contributed by atoms with Crippen molar-refractivity contribution in [3.8, 4) is 0 Å². The van der Waals surface area contributed by atoms with E-state index >= 15 is 0 Å². The van der Waals surface area contributed by atoms with Crippen molar-refractivity contribution in [2.75, 3.05) is 12.4 Å². The van der Waals surface area contributed by atoms with E-state index < -0.39 is 10.0 Å². The molecule has 3 N–H and O–H groups in total. The average Bonchev–Trinajstić information content (AvgIpc) is 3.32. The maximum absolute atomic E-state index is 12.3. The molecule has 0 spiro atoms. The molecule has 1 aliphatic rings. The number of aryl methyl sites for hydroxylation is 1. The molecule has 0 saturated heterocycles. The van der Waals surface area contributed by atoms with Crippen molar-refractivity contribution < 1.29 is 18.0 Å². The summed E-state index contributed by atoms with van der Waals surface area (Å²) in [5.74, 6) is 0.0929. The molecular formula is C23H29N3O4S. The zero-order valence-corrected chi connectivity index (χ0v) is 18.5. The number of carbonyl (C=O) groups is 2. The van der Waals surface area contributed by atoms with Gasteiger partial charge in [-0.05, 0) is 61.7 Å². The fourth-order valence-electron chi connectivity index (χ4n) is 3.69. The fourth-order valence-corrected chi connectivity index (χ4v) is 4.42. The second-order valence-electron chi connectivity index (χ2n) is 7.80. The number of anilines is 1. The fraction of sp³-hybridized carbons (Fsp3) is 0.391. The zero-order chi connectivity index (χ0) is 22.3. The summed E-state index contributed by atoms with van der Waals surface area (Å²) in [6.45, 7) is 0.380. The second kappa shape index (κ2) is 10.5. The molecule has 0 unspecified atom stereocenters. The smallest absolute Gasteiger partial charge is 0.240 e. The molecule has 0 atom stereocenters. The van der Waals surface area contributed by atoms with Crippen LogP contribution in [0.15, 0.2) is 53.4 Å². The third kappa shape index (κ3) is 6.63. The Hall–Kier alpha value is -2.71. The Kier molecular flexibility index (Phi) is 7.81.